The summed E-state index contributed by atoms with van der Waals surface area (Å²) in [6.07, 6.45) is 3.70. The van der Waals surface area contributed by atoms with Crippen LogP contribution in [0.2, 0.25) is 0 Å². The molecule has 0 saturated carbocycles. The second kappa shape index (κ2) is 8.10. The van der Waals surface area contributed by atoms with Crippen LogP contribution in [0, 0.1) is 5.41 Å². The van der Waals surface area contributed by atoms with Crippen LogP contribution in [-0.2, 0) is 0 Å². The van der Waals surface area contributed by atoms with Gasteiger partial charge in [-0.15, -0.1) is 0 Å². The zero-order chi connectivity index (χ0) is 17.6. The first-order valence-electron chi connectivity index (χ1n) is 8.69. The normalized spacial score (nSPS) is 13.6. The Bertz CT molecular complexity index is 675. The topological polar surface area (TPSA) is 17.1 Å². The molecule has 0 N–H and O–H groups in total. The molecule has 1 heteroatoms. The highest BCUT2D eigenvalue weighted by molar-refractivity contribution is 5.96. The average molecular weight is 320 g/mol. The minimum absolute atomic E-state index is 0.142. The minimum Gasteiger partial charge on any atom is -0.294 e. The number of carbonyl (C=O) groups excluding carboxylic acids is 1. The molecule has 0 heterocycles. The molecule has 1 unspecified atom stereocenters. The Morgan fingerprint density at radius 2 is 1.50 bits per heavy atom. The van der Waals surface area contributed by atoms with Crippen molar-refractivity contribution in [2.24, 2.45) is 5.41 Å². The summed E-state index contributed by atoms with van der Waals surface area (Å²) < 4.78 is 0. The predicted octanol–water partition coefficient (Wildman–Crippen LogP) is 6.43. The van der Waals surface area contributed by atoms with E-state index >= 15 is 0 Å². The van der Waals surface area contributed by atoms with Gasteiger partial charge >= 0.3 is 0 Å². The van der Waals surface area contributed by atoms with Crippen LogP contribution in [0.25, 0.3) is 0 Å². The lowest BCUT2D eigenvalue weighted by Crippen LogP contribution is -2.15. The summed E-state index contributed by atoms with van der Waals surface area (Å²) in [6.45, 7) is 8.83. The number of Topliss-reactive ketones (excluding diaryl/α,β-unsaturated/α-hetero) is 1. The van der Waals surface area contributed by atoms with E-state index in [0.29, 0.717) is 6.42 Å². The van der Waals surface area contributed by atoms with E-state index < -0.39 is 0 Å². The molecule has 2 aromatic rings. The van der Waals surface area contributed by atoms with Crippen molar-refractivity contribution in [3.05, 3.63) is 83.4 Å². The molecule has 0 aromatic heterocycles. The first-order chi connectivity index (χ1) is 11.4. The molecule has 0 aliphatic heterocycles. The van der Waals surface area contributed by atoms with Gasteiger partial charge in [-0.25, -0.2) is 0 Å². The molecule has 0 aliphatic carbocycles. The molecule has 0 bridgehead atoms. The molecular weight excluding hydrogens is 292 g/mol. The van der Waals surface area contributed by atoms with Crippen molar-refractivity contribution in [1.82, 2.24) is 0 Å². The second-order valence-corrected chi connectivity index (χ2v) is 7.56. The van der Waals surface area contributed by atoms with Gasteiger partial charge in [0.2, 0.25) is 0 Å². The summed E-state index contributed by atoms with van der Waals surface area (Å²) in [4.78, 5) is 12.8. The van der Waals surface area contributed by atoms with E-state index in [1.165, 1.54) is 11.1 Å². The Labute approximate surface area is 146 Å². The molecule has 0 saturated heterocycles. The fraction of sp³-hybridized carbons (Fsp3) is 0.348. The summed E-state index contributed by atoms with van der Waals surface area (Å²) in [5, 5.41) is 0. The SMILES string of the molecule is C/C=C(/CC(C)(C)C)C(CC(=O)c1ccccc1)c1ccccc1. The molecule has 1 nitrogen and oxygen atoms in total. The zero-order valence-electron chi connectivity index (χ0n) is 15.3. The molecule has 0 radical (unpaired) electrons. The Hall–Kier alpha value is -2.15. The van der Waals surface area contributed by atoms with Gasteiger partial charge in [0.05, 0.1) is 0 Å². The largest absolute Gasteiger partial charge is 0.294 e. The molecule has 0 fully saturated rings. The molecule has 2 aromatic carbocycles. The van der Waals surface area contributed by atoms with Crippen molar-refractivity contribution in [2.75, 3.05) is 0 Å². The van der Waals surface area contributed by atoms with E-state index in [9.17, 15) is 4.79 Å². The van der Waals surface area contributed by atoms with Crippen LogP contribution in [0.1, 0.15) is 62.4 Å². The summed E-state index contributed by atoms with van der Waals surface area (Å²) in [7, 11) is 0. The molecule has 126 valence electrons. The highest BCUT2D eigenvalue weighted by Crippen LogP contribution is 2.36. The van der Waals surface area contributed by atoms with Crippen molar-refractivity contribution in [3.63, 3.8) is 0 Å². The zero-order valence-corrected chi connectivity index (χ0v) is 15.3. The summed E-state index contributed by atoms with van der Waals surface area (Å²) in [6, 6.07) is 20.0. The Morgan fingerprint density at radius 1 is 0.958 bits per heavy atom. The fourth-order valence-corrected chi connectivity index (χ4v) is 3.11. The van der Waals surface area contributed by atoms with Crippen molar-refractivity contribution in [2.45, 2.75) is 46.5 Å². The van der Waals surface area contributed by atoms with E-state index in [0.717, 1.165) is 12.0 Å². The van der Waals surface area contributed by atoms with Crippen LogP contribution >= 0.6 is 0 Å². The standard InChI is InChI=1S/C23H28O/c1-5-18(17-23(2,3)4)21(19-12-8-6-9-13-19)16-22(24)20-14-10-7-11-15-20/h5-15,21H,16-17H2,1-4H3/b18-5-. The molecule has 2 rings (SSSR count). The van der Waals surface area contributed by atoms with Gasteiger partial charge in [0, 0.05) is 17.9 Å². The van der Waals surface area contributed by atoms with Gasteiger partial charge in [-0.05, 0) is 24.3 Å². The lowest BCUT2D eigenvalue weighted by atomic mass is 9.78. The van der Waals surface area contributed by atoms with E-state index in [1.807, 2.05) is 36.4 Å². The van der Waals surface area contributed by atoms with Crippen LogP contribution < -0.4 is 0 Å². The first kappa shape index (κ1) is 18.2. The van der Waals surface area contributed by atoms with Gasteiger partial charge in [-0.2, -0.15) is 0 Å². The number of hydrogen-bond acceptors (Lipinski definition) is 1. The maximum Gasteiger partial charge on any atom is 0.163 e. The fourth-order valence-electron chi connectivity index (χ4n) is 3.11. The lowest BCUT2D eigenvalue weighted by molar-refractivity contribution is 0.0976. The Morgan fingerprint density at radius 3 is 2.00 bits per heavy atom. The van der Waals surface area contributed by atoms with Crippen LogP contribution in [0.5, 0.6) is 0 Å². The maximum atomic E-state index is 12.8. The molecule has 24 heavy (non-hydrogen) atoms. The molecule has 0 aliphatic rings. The van der Waals surface area contributed by atoms with Crippen LogP contribution in [0.15, 0.2) is 72.3 Å². The number of benzene rings is 2. The van der Waals surface area contributed by atoms with Crippen LogP contribution in [-0.4, -0.2) is 5.78 Å². The van der Waals surface area contributed by atoms with Crippen molar-refractivity contribution >= 4 is 5.78 Å². The van der Waals surface area contributed by atoms with Gasteiger partial charge < -0.3 is 0 Å². The van der Waals surface area contributed by atoms with Gasteiger partial charge in [-0.1, -0.05) is 93.1 Å². The van der Waals surface area contributed by atoms with Gasteiger partial charge in [0.25, 0.3) is 0 Å². The van der Waals surface area contributed by atoms with E-state index in [2.05, 4.69) is 58.0 Å². The summed E-state index contributed by atoms with van der Waals surface area (Å²) in [5.74, 6) is 0.348. The smallest absolute Gasteiger partial charge is 0.163 e. The number of rotatable bonds is 6. The summed E-state index contributed by atoms with van der Waals surface area (Å²) in [5.41, 5.74) is 3.56. The molecule has 0 spiro atoms. The average Bonchev–Trinajstić information content (AvgIpc) is 2.58. The van der Waals surface area contributed by atoms with Gasteiger partial charge in [-0.3, -0.25) is 4.79 Å². The lowest BCUT2D eigenvalue weighted by Gasteiger charge is -2.27. The number of carbonyl (C=O) groups is 1. The van der Waals surface area contributed by atoms with Crippen molar-refractivity contribution in [1.29, 1.82) is 0 Å². The Kier molecular flexibility index (Phi) is 6.14. The number of hydrogen-bond donors (Lipinski definition) is 0. The van der Waals surface area contributed by atoms with E-state index in [4.69, 9.17) is 0 Å². The third kappa shape index (κ3) is 5.19. The minimum atomic E-state index is 0.142. The van der Waals surface area contributed by atoms with Crippen molar-refractivity contribution < 1.29 is 4.79 Å². The van der Waals surface area contributed by atoms with Gasteiger partial charge in [0.1, 0.15) is 0 Å². The van der Waals surface area contributed by atoms with Crippen molar-refractivity contribution in [3.8, 4) is 0 Å². The van der Waals surface area contributed by atoms with Crippen LogP contribution in [0.3, 0.4) is 0 Å². The monoisotopic (exact) mass is 320 g/mol. The highest BCUT2D eigenvalue weighted by Gasteiger charge is 2.24. The second-order valence-electron chi connectivity index (χ2n) is 7.56. The van der Waals surface area contributed by atoms with E-state index in [-0.39, 0.29) is 17.1 Å². The highest BCUT2D eigenvalue weighted by atomic mass is 16.1. The first-order valence-corrected chi connectivity index (χ1v) is 8.69. The predicted molar refractivity (Wildman–Crippen MR) is 102 cm³/mol. The van der Waals surface area contributed by atoms with Gasteiger partial charge in [0.15, 0.2) is 5.78 Å². The quantitative estimate of drug-likeness (QED) is 0.443. The number of ketones is 1. The molecule has 1 atom stereocenters. The maximum absolute atomic E-state index is 12.8. The molecule has 0 amide bonds. The van der Waals surface area contributed by atoms with E-state index in [1.54, 1.807) is 0 Å². The third-order valence-corrected chi connectivity index (χ3v) is 4.24. The Balaban J connectivity index is 2.31. The number of allylic oxidation sites excluding steroid dienone is 2. The third-order valence-electron chi connectivity index (χ3n) is 4.24. The molecular formula is C23H28O. The summed E-state index contributed by atoms with van der Waals surface area (Å²) >= 11 is 0. The van der Waals surface area contributed by atoms with Crippen LogP contribution in [0.4, 0.5) is 0 Å².